The molecule has 0 radical (unpaired) electrons. The first kappa shape index (κ1) is 15.7. The molecule has 0 unspecified atom stereocenters. The Kier molecular flexibility index (Phi) is 5.24. The molecular formula is C15H18N4O3. The number of nitrogens with one attached hydrogen (secondary N) is 1. The maximum Gasteiger partial charge on any atom is 0.307 e. The van der Waals surface area contributed by atoms with E-state index in [0.29, 0.717) is 30.2 Å². The Morgan fingerprint density at radius 1 is 1.32 bits per heavy atom. The van der Waals surface area contributed by atoms with Crippen LogP contribution in [0.25, 0.3) is 11.5 Å². The monoisotopic (exact) mass is 302 g/mol. The molecule has 2 aromatic heterocycles. The van der Waals surface area contributed by atoms with E-state index in [1.807, 2.05) is 0 Å². The number of hydrogen-bond acceptors (Lipinski definition) is 5. The maximum atomic E-state index is 12.4. The first-order chi connectivity index (χ1) is 10.6. The zero-order valence-corrected chi connectivity index (χ0v) is 12.6. The molecule has 0 spiro atoms. The van der Waals surface area contributed by atoms with Crippen molar-refractivity contribution in [2.75, 3.05) is 20.2 Å². The topological polar surface area (TPSA) is 88.2 Å². The number of carbonyl (C=O) groups excluding carboxylic acids is 2. The predicted octanol–water partition coefficient (Wildman–Crippen LogP) is 1.50. The van der Waals surface area contributed by atoms with Crippen molar-refractivity contribution < 1.29 is 14.3 Å². The molecule has 0 aromatic carbocycles. The zero-order valence-electron chi connectivity index (χ0n) is 12.6. The van der Waals surface area contributed by atoms with Crippen molar-refractivity contribution in [3.8, 4) is 11.5 Å². The highest BCUT2D eigenvalue weighted by molar-refractivity contribution is 5.95. The Labute approximate surface area is 128 Å². The Bertz CT molecular complexity index is 640. The highest BCUT2D eigenvalue weighted by Gasteiger charge is 2.15. The van der Waals surface area contributed by atoms with Crippen molar-refractivity contribution in [3.63, 3.8) is 0 Å². The predicted molar refractivity (Wildman–Crippen MR) is 80.0 cm³/mol. The molecule has 22 heavy (non-hydrogen) atoms. The summed E-state index contributed by atoms with van der Waals surface area (Å²) in [5.41, 5.74) is 1.09. The normalized spacial score (nSPS) is 10.3. The van der Waals surface area contributed by atoms with E-state index in [1.165, 1.54) is 4.90 Å². The quantitative estimate of drug-likeness (QED) is 0.817. The molecule has 2 heterocycles. The number of aromatic nitrogens is 3. The molecule has 0 saturated heterocycles. The zero-order chi connectivity index (χ0) is 15.9. The average Bonchev–Trinajstić information content (AvgIpc) is 3.07. The molecule has 1 N–H and O–H groups in total. The molecule has 116 valence electrons. The molecule has 2 rings (SSSR count). The van der Waals surface area contributed by atoms with Gasteiger partial charge in [0.1, 0.15) is 5.69 Å². The third-order valence-corrected chi connectivity index (χ3v) is 3.05. The van der Waals surface area contributed by atoms with Gasteiger partial charge in [-0.1, -0.05) is 0 Å². The molecule has 7 heteroatoms. The van der Waals surface area contributed by atoms with Gasteiger partial charge < -0.3 is 14.6 Å². The van der Waals surface area contributed by atoms with Gasteiger partial charge in [0, 0.05) is 37.7 Å². The molecule has 2 aromatic rings. The molecule has 7 nitrogen and oxygen atoms in total. The summed E-state index contributed by atoms with van der Waals surface area (Å²) in [6.07, 6.45) is 5.05. The largest absolute Gasteiger partial charge is 0.466 e. The van der Waals surface area contributed by atoms with Crippen molar-refractivity contribution >= 4 is 11.9 Å². The highest BCUT2D eigenvalue weighted by atomic mass is 16.5. The van der Waals surface area contributed by atoms with E-state index < -0.39 is 0 Å². The number of amides is 1. The molecule has 0 fully saturated rings. The van der Waals surface area contributed by atoms with Crippen molar-refractivity contribution in [1.82, 2.24) is 19.9 Å². The Morgan fingerprint density at radius 2 is 2.14 bits per heavy atom. The maximum absolute atomic E-state index is 12.4. The van der Waals surface area contributed by atoms with Gasteiger partial charge >= 0.3 is 5.97 Å². The van der Waals surface area contributed by atoms with Gasteiger partial charge in [0.25, 0.3) is 5.91 Å². The van der Waals surface area contributed by atoms with Gasteiger partial charge in [-0.15, -0.1) is 0 Å². The molecular weight excluding hydrogens is 284 g/mol. The van der Waals surface area contributed by atoms with E-state index in [1.54, 1.807) is 44.7 Å². The van der Waals surface area contributed by atoms with Crippen LogP contribution in [0.3, 0.4) is 0 Å². The van der Waals surface area contributed by atoms with Crippen LogP contribution in [-0.4, -0.2) is 51.9 Å². The fourth-order valence-electron chi connectivity index (χ4n) is 1.91. The molecule has 0 saturated carbocycles. The van der Waals surface area contributed by atoms with Crippen molar-refractivity contribution in [2.24, 2.45) is 0 Å². The van der Waals surface area contributed by atoms with E-state index >= 15 is 0 Å². The third kappa shape index (κ3) is 3.91. The lowest BCUT2D eigenvalue weighted by Crippen LogP contribution is -2.29. The summed E-state index contributed by atoms with van der Waals surface area (Å²) >= 11 is 0. The number of aromatic amines is 1. The van der Waals surface area contributed by atoms with Gasteiger partial charge in [-0.3, -0.25) is 14.6 Å². The number of rotatable bonds is 6. The first-order valence-electron chi connectivity index (χ1n) is 6.98. The van der Waals surface area contributed by atoms with Crippen LogP contribution < -0.4 is 0 Å². The van der Waals surface area contributed by atoms with Gasteiger partial charge in [-0.25, -0.2) is 4.98 Å². The highest BCUT2D eigenvalue weighted by Crippen LogP contribution is 2.14. The lowest BCUT2D eigenvalue weighted by atomic mass is 10.2. The van der Waals surface area contributed by atoms with Crippen LogP contribution in [0.2, 0.25) is 0 Å². The van der Waals surface area contributed by atoms with E-state index in [9.17, 15) is 9.59 Å². The second kappa shape index (κ2) is 7.35. The number of nitrogens with zero attached hydrogens (tertiary/aromatic N) is 3. The number of imidazole rings is 1. The number of ether oxygens (including phenoxy) is 1. The van der Waals surface area contributed by atoms with Crippen LogP contribution >= 0.6 is 0 Å². The number of esters is 1. The average molecular weight is 302 g/mol. The van der Waals surface area contributed by atoms with Crippen LogP contribution in [-0.2, 0) is 9.53 Å². The summed E-state index contributed by atoms with van der Waals surface area (Å²) in [7, 11) is 1.65. The summed E-state index contributed by atoms with van der Waals surface area (Å²) in [6.45, 7) is 2.39. The fourth-order valence-corrected chi connectivity index (χ4v) is 1.91. The van der Waals surface area contributed by atoms with Crippen LogP contribution in [0.4, 0.5) is 0 Å². The van der Waals surface area contributed by atoms with Gasteiger partial charge in [-0.2, -0.15) is 0 Å². The summed E-state index contributed by atoms with van der Waals surface area (Å²) in [5, 5.41) is 0. The van der Waals surface area contributed by atoms with E-state index in [-0.39, 0.29) is 18.3 Å². The van der Waals surface area contributed by atoms with Crippen LogP contribution in [0.1, 0.15) is 23.7 Å². The van der Waals surface area contributed by atoms with Gasteiger partial charge in [0.05, 0.1) is 13.0 Å². The first-order valence-corrected chi connectivity index (χ1v) is 6.98. The Hall–Kier alpha value is -2.70. The van der Waals surface area contributed by atoms with E-state index in [2.05, 4.69) is 15.0 Å². The lowest BCUT2D eigenvalue weighted by Gasteiger charge is -2.16. The minimum absolute atomic E-state index is 0.173. The third-order valence-electron chi connectivity index (χ3n) is 3.05. The van der Waals surface area contributed by atoms with Crippen molar-refractivity contribution in [1.29, 1.82) is 0 Å². The number of H-pyrrole nitrogens is 1. The molecule has 1 amide bonds. The lowest BCUT2D eigenvalue weighted by molar-refractivity contribution is -0.143. The molecule has 0 bridgehead atoms. The molecule has 0 aliphatic carbocycles. The number of hydrogen-bond donors (Lipinski definition) is 1. The minimum atomic E-state index is -0.312. The molecule has 0 aliphatic heterocycles. The Balaban J connectivity index is 2.03. The van der Waals surface area contributed by atoms with Gasteiger partial charge in [0.2, 0.25) is 0 Å². The van der Waals surface area contributed by atoms with Crippen molar-refractivity contribution in [3.05, 3.63) is 36.3 Å². The number of carbonyl (C=O) groups is 2. The SMILES string of the molecule is CCOC(=O)CCN(C)C(=O)c1ccnc(-c2ncc[nH]2)c1. The fraction of sp³-hybridized carbons (Fsp3) is 0.333. The van der Waals surface area contributed by atoms with Gasteiger partial charge in [0.15, 0.2) is 5.82 Å². The van der Waals surface area contributed by atoms with Crippen LogP contribution in [0, 0.1) is 0 Å². The minimum Gasteiger partial charge on any atom is -0.466 e. The molecule has 0 aliphatic rings. The van der Waals surface area contributed by atoms with Crippen LogP contribution in [0.15, 0.2) is 30.7 Å². The number of pyridine rings is 1. The standard InChI is InChI=1S/C15H18N4O3/c1-3-22-13(20)5-9-19(2)15(21)11-4-6-16-12(10-11)14-17-7-8-18-14/h4,6-8,10H,3,5,9H2,1-2H3,(H,17,18). The second-order valence-corrected chi connectivity index (χ2v) is 4.65. The van der Waals surface area contributed by atoms with Crippen molar-refractivity contribution in [2.45, 2.75) is 13.3 Å². The summed E-state index contributed by atoms with van der Waals surface area (Å²) in [6, 6.07) is 3.30. The van der Waals surface area contributed by atoms with Crippen LogP contribution in [0.5, 0.6) is 0 Å². The summed E-state index contributed by atoms with van der Waals surface area (Å²) < 4.78 is 4.85. The second-order valence-electron chi connectivity index (χ2n) is 4.65. The van der Waals surface area contributed by atoms with E-state index in [0.717, 1.165) is 0 Å². The Morgan fingerprint density at radius 3 is 2.82 bits per heavy atom. The smallest absolute Gasteiger partial charge is 0.307 e. The summed E-state index contributed by atoms with van der Waals surface area (Å²) in [5.74, 6) is 0.108. The van der Waals surface area contributed by atoms with Gasteiger partial charge in [-0.05, 0) is 19.1 Å². The summed E-state index contributed by atoms with van der Waals surface area (Å²) in [4.78, 5) is 36.4. The van der Waals surface area contributed by atoms with E-state index in [4.69, 9.17) is 4.74 Å². The molecule has 0 atom stereocenters.